The molecule has 1 aromatic rings. The molecule has 0 saturated heterocycles. The molecule has 0 aliphatic carbocycles. The second-order valence-electron chi connectivity index (χ2n) is 4.59. The van der Waals surface area contributed by atoms with Crippen molar-refractivity contribution >= 4 is 5.91 Å². The van der Waals surface area contributed by atoms with E-state index >= 15 is 0 Å². The molecule has 20 heavy (non-hydrogen) atoms. The molecule has 0 saturated carbocycles. The molecule has 5 nitrogen and oxygen atoms in total. The van der Waals surface area contributed by atoms with E-state index in [2.05, 4.69) is 10.6 Å². The number of benzene rings is 1. The van der Waals surface area contributed by atoms with Crippen LogP contribution in [0.15, 0.2) is 30.3 Å². The molecule has 1 amide bonds. The summed E-state index contributed by atoms with van der Waals surface area (Å²) in [6.45, 7) is 3.38. The summed E-state index contributed by atoms with van der Waals surface area (Å²) in [7, 11) is 3.26. The number of rotatable bonds is 9. The molecule has 0 fully saturated rings. The van der Waals surface area contributed by atoms with E-state index in [1.165, 1.54) is 0 Å². The van der Waals surface area contributed by atoms with Crippen LogP contribution in [0.3, 0.4) is 0 Å². The van der Waals surface area contributed by atoms with Crippen molar-refractivity contribution in [1.29, 1.82) is 0 Å². The van der Waals surface area contributed by atoms with Crippen molar-refractivity contribution in [3.8, 4) is 0 Å². The lowest BCUT2D eigenvalue weighted by Crippen LogP contribution is -2.45. The number of ether oxygens (including phenoxy) is 2. The fourth-order valence-electron chi connectivity index (χ4n) is 1.90. The van der Waals surface area contributed by atoms with Gasteiger partial charge in [-0.05, 0) is 12.5 Å². The lowest BCUT2D eigenvalue weighted by atomic mass is 10.1. The average Bonchev–Trinajstić information content (AvgIpc) is 2.47. The molecule has 0 aromatic heterocycles. The molecule has 0 aliphatic rings. The van der Waals surface area contributed by atoms with Gasteiger partial charge in [-0.2, -0.15) is 0 Å². The zero-order valence-electron chi connectivity index (χ0n) is 12.4. The maximum Gasteiger partial charge on any atom is 0.236 e. The summed E-state index contributed by atoms with van der Waals surface area (Å²) in [6.07, 6.45) is 0. The van der Waals surface area contributed by atoms with E-state index in [9.17, 15) is 4.79 Å². The normalized spacial score (nSPS) is 13.8. The van der Waals surface area contributed by atoms with Gasteiger partial charge < -0.3 is 14.8 Å². The van der Waals surface area contributed by atoms with Crippen LogP contribution in [0.1, 0.15) is 18.5 Å². The number of carbonyl (C=O) groups excluding carboxylic acids is 1. The molecule has 1 rings (SSSR count). The van der Waals surface area contributed by atoms with Crippen LogP contribution >= 0.6 is 0 Å². The van der Waals surface area contributed by atoms with Gasteiger partial charge in [-0.3, -0.25) is 10.1 Å². The third kappa shape index (κ3) is 5.69. The van der Waals surface area contributed by atoms with Gasteiger partial charge in [0.1, 0.15) is 0 Å². The van der Waals surface area contributed by atoms with Crippen molar-refractivity contribution in [3.63, 3.8) is 0 Å². The quantitative estimate of drug-likeness (QED) is 0.665. The molecule has 2 atom stereocenters. The highest BCUT2D eigenvalue weighted by atomic mass is 16.5. The van der Waals surface area contributed by atoms with Gasteiger partial charge in [0.05, 0.1) is 25.3 Å². The molecular weight excluding hydrogens is 256 g/mol. The van der Waals surface area contributed by atoms with E-state index < -0.39 is 0 Å². The van der Waals surface area contributed by atoms with Gasteiger partial charge in [0.2, 0.25) is 5.91 Å². The summed E-state index contributed by atoms with van der Waals surface area (Å²) >= 11 is 0. The number of methoxy groups -OCH3 is 2. The molecule has 2 unspecified atom stereocenters. The van der Waals surface area contributed by atoms with Crippen molar-refractivity contribution < 1.29 is 14.3 Å². The number of nitrogens with one attached hydrogen (secondary N) is 2. The third-order valence-corrected chi connectivity index (χ3v) is 2.99. The minimum Gasteiger partial charge on any atom is -0.383 e. The fraction of sp³-hybridized carbons (Fsp3) is 0.533. The molecule has 0 spiro atoms. The maximum atomic E-state index is 11.9. The fourth-order valence-corrected chi connectivity index (χ4v) is 1.90. The molecule has 5 heteroatoms. The lowest BCUT2D eigenvalue weighted by Gasteiger charge is -2.22. The van der Waals surface area contributed by atoms with Gasteiger partial charge in [0, 0.05) is 20.8 Å². The second-order valence-corrected chi connectivity index (χ2v) is 4.59. The van der Waals surface area contributed by atoms with Crippen LogP contribution in [0.5, 0.6) is 0 Å². The Morgan fingerprint density at radius 2 is 1.90 bits per heavy atom. The number of amides is 1. The molecule has 0 radical (unpaired) electrons. The van der Waals surface area contributed by atoms with E-state index in [-0.39, 0.29) is 18.0 Å². The second kappa shape index (κ2) is 9.47. The standard InChI is InChI=1S/C15H24N2O3/c1-12(15(18)16-9-10-19-2)17-14(11-20-3)13-7-5-4-6-8-13/h4-8,12,14,17H,9-11H2,1-3H3,(H,16,18). The SMILES string of the molecule is COCCNC(=O)C(C)NC(COC)c1ccccc1. The molecular formula is C15H24N2O3. The Kier molecular flexibility index (Phi) is 7.87. The largest absolute Gasteiger partial charge is 0.383 e. The Morgan fingerprint density at radius 3 is 2.50 bits per heavy atom. The van der Waals surface area contributed by atoms with Crippen LogP contribution in [0.25, 0.3) is 0 Å². The first-order chi connectivity index (χ1) is 9.69. The first-order valence-corrected chi connectivity index (χ1v) is 6.75. The van der Waals surface area contributed by atoms with Crippen molar-refractivity contribution in [1.82, 2.24) is 10.6 Å². The van der Waals surface area contributed by atoms with Crippen molar-refractivity contribution in [2.24, 2.45) is 0 Å². The van der Waals surface area contributed by atoms with E-state index in [1.807, 2.05) is 37.3 Å². The van der Waals surface area contributed by atoms with E-state index in [1.54, 1.807) is 14.2 Å². The summed E-state index contributed by atoms with van der Waals surface area (Å²) in [6, 6.07) is 9.65. The zero-order chi connectivity index (χ0) is 14.8. The zero-order valence-corrected chi connectivity index (χ0v) is 12.4. The highest BCUT2D eigenvalue weighted by molar-refractivity contribution is 5.81. The van der Waals surface area contributed by atoms with Gasteiger partial charge in [-0.15, -0.1) is 0 Å². The Hall–Kier alpha value is -1.43. The number of hydrogen-bond donors (Lipinski definition) is 2. The number of hydrogen-bond acceptors (Lipinski definition) is 4. The Labute approximate surface area is 120 Å². The summed E-state index contributed by atoms with van der Waals surface area (Å²) in [5.41, 5.74) is 1.10. The highest BCUT2D eigenvalue weighted by Gasteiger charge is 2.18. The van der Waals surface area contributed by atoms with Crippen LogP contribution in [0.4, 0.5) is 0 Å². The van der Waals surface area contributed by atoms with Gasteiger partial charge in [0.15, 0.2) is 0 Å². The van der Waals surface area contributed by atoms with Crippen LogP contribution in [0, 0.1) is 0 Å². The molecule has 0 aliphatic heterocycles. The molecule has 2 N–H and O–H groups in total. The van der Waals surface area contributed by atoms with Gasteiger partial charge in [-0.25, -0.2) is 0 Å². The van der Waals surface area contributed by atoms with Crippen molar-refractivity contribution in [2.75, 3.05) is 34.0 Å². The average molecular weight is 280 g/mol. The Bertz CT molecular complexity index is 384. The maximum absolute atomic E-state index is 11.9. The van der Waals surface area contributed by atoms with Crippen molar-refractivity contribution in [3.05, 3.63) is 35.9 Å². The highest BCUT2D eigenvalue weighted by Crippen LogP contribution is 2.13. The Balaban J connectivity index is 2.55. The van der Waals surface area contributed by atoms with Crippen molar-refractivity contribution in [2.45, 2.75) is 19.0 Å². The van der Waals surface area contributed by atoms with Crippen LogP contribution in [-0.2, 0) is 14.3 Å². The van der Waals surface area contributed by atoms with Crippen LogP contribution < -0.4 is 10.6 Å². The third-order valence-electron chi connectivity index (χ3n) is 2.99. The van der Waals surface area contributed by atoms with Gasteiger partial charge >= 0.3 is 0 Å². The van der Waals surface area contributed by atoms with E-state index in [0.29, 0.717) is 19.8 Å². The van der Waals surface area contributed by atoms with E-state index in [0.717, 1.165) is 5.56 Å². The van der Waals surface area contributed by atoms with Crippen LogP contribution in [-0.4, -0.2) is 45.9 Å². The topological polar surface area (TPSA) is 59.6 Å². The minimum absolute atomic E-state index is 0.00984. The smallest absolute Gasteiger partial charge is 0.236 e. The summed E-state index contributed by atoms with van der Waals surface area (Å²) in [5.74, 6) is -0.0425. The summed E-state index contributed by atoms with van der Waals surface area (Å²) in [5, 5.41) is 6.10. The summed E-state index contributed by atoms with van der Waals surface area (Å²) < 4.78 is 10.1. The molecule has 0 heterocycles. The van der Waals surface area contributed by atoms with E-state index in [4.69, 9.17) is 9.47 Å². The summed E-state index contributed by atoms with van der Waals surface area (Å²) in [4.78, 5) is 11.9. The van der Waals surface area contributed by atoms with Gasteiger partial charge in [-0.1, -0.05) is 30.3 Å². The molecule has 112 valence electrons. The minimum atomic E-state index is -0.299. The first-order valence-electron chi connectivity index (χ1n) is 6.75. The molecule has 0 bridgehead atoms. The van der Waals surface area contributed by atoms with Crippen LogP contribution in [0.2, 0.25) is 0 Å². The van der Waals surface area contributed by atoms with Gasteiger partial charge in [0.25, 0.3) is 0 Å². The first kappa shape index (κ1) is 16.6. The lowest BCUT2D eigenvalue weighted by molar-refractivity contribution is -0.123. The monoisotopic (exact) mass is 280 g/mol. The predicted molar refractivity (Wildman–Crippen MR) is 78.5 cm³/mol. The predicted octanol–water partition coefficient (Wildman–Crippen LogP) is 1.11. The Morgan fingerprint density at radius 1 is 1.20 bits per heavy atom. The molecule has 1 aromatic carbocycles. The number of carbonyl (C=O) groups is 1.